The van der Waals surface area contributed by atoms with Crippen molar-refractivity contribution in [3.63, 3.8) is 0 Å². The molecule has 0 saturated carbocycles. The maximum Gasteiger partial charge on any atom is 0.263 e. The standard InChI is InChI=1S/C17H15ClN2OS2/c18-15-6-5-14(22-15)17(21)20-9-7-11(8-10-20)16-19-12-3-1-2-4-13(12)23-16/h1-6,11H,7-10H2. The second kappa shape index (κ2) is 6.23. The van der Waals surface area contributed by atoms with Crippen molar-refractivity contribution in [1.29, 1.82) is 0 Å². The lowest BCUT2D eigenvalue weighted by Gasteiger charge is -2.30. The Labute approximate surface area is 147 Å². The molecule has 3 aromatic rings. The molecule has 4 rings (SSSR count). The van der Waals surface area contributed by atoms with E-state index in [9.17, 15) is 4.79 Å². The summed E-state index contributed by atoms with van der Waals surface area (Å²) in [4.78, 5) is 19.9. The fourth-order valence-corrected chi connectivity index (χ4v) is 5.13. The van der Waals surface area contributed by atoms with E-state index in [0.717, 1.165) is 36.3 Å². The van der Waals surface area contributed by atoms with Crippen molar-refractivity contribution in [3.05, 3.63) is 50.6 Å². The third kappa shape index (κ3) is 3.01. The molecule has 1 fully saturated rings. The Morgan fingerprint density at radius 2 is 1.91 bits per heavy atom. The van der Waals surface area contributed by atoms with Crippen molar-refractivity contribution in [2.75, 3.05) is 13.1 Å². The Morgan fingerprint density at radius 3 is 2.61 bits per heavy atom. The number of nitrogens with zero attached hydrogens (tertiary/aromatic N) is 2. The number of hydrogen-bond donors (Lipinski definition) is 0. The van der Waals surface area contributed by atoms with Crippen LogP contribution in [0, 0.1) is 0 Å². The van der Waals surface area contributed by atoms with Gasteiger partial charge in [-0.05, 0) is 37.1 Å². The van der Waals surface area contributed by atoms with Gasteiger partial charge >= 0.3 is 0 Å². The molecule has 1 aromatic carbocycles. The van der Waals surface area contributed by atoms with Crippen LogP contribution in [0.2, 0.25) is 4.34 Å². The summed E-state index contributed by atoms with van der Waals surface area (Å²) in [6.07, 6.45) is 1.95. The number of thiophene rings is 1. The van der Waals surface area contributed by atoms with Crippen LogP contribution in [0.15, 0.2) is 36.4 Å². The van der Waals surface area contributed by atoms with Gasteiger partial charge in [-0.25, -0.2) is 4.98 Å². The van der Waals surface area contributed by atoms with Gasteiger partial charge in [-0.1, -0.05) is 23.7 Å². The largest absolute Gasteiger partial charge is 0.338 e. The van der Waals surface area contributed by atoms with Crippen molar-refractivity contribution < 1.29 is 4.79 Å². The van der Waals surface area contributed by atoms with E-state index in [0.29, 0.717) is 10.3 Å². The average molecular weight is 363 g/mol. The Hall–Kier alpha value is -1.43. The molecule has 2 aromatic heterocycles. The van der Waals surface area contributed by atoms with E-state index in [4.69, 9.17) is 16.6 Å². The normalized spacial score (nSPS) is 16.1. The number of benzene rings is 1. The first-order chi connectivity index (χ1) is 11.2. The highest BCUT2D eigenvalue weighted by Gasteiger charge is 2.27. The molecule has 0 unspecified atom stereocenters. The summed E-state index contributed by atoms with van der Waals surface area (Å²) in [6, 6.07) is 11.9. The lowest BCUT2D eigenvalue weighted by molar-refractivity contribution is 0.0718. The third-order valence-electron chi connectivity index (χ3n) is 4.23. The number of para-hydroxylation sites is 1. The minimum Gasteiger partial charge on any atom is -0.338 e. The van der Waals surface area contributed by atoms with Gasteiger partial charge in [0.05, 0.1) is 24.4 Å². The average Bonchev–Trinajstić information content (AvgIpc) is 3.20. The van der Waals surface area contributed by atoms with Gasteiger partial charge in [0.2, 0.25) is 0 Å². The van der Waals surface area contributed by atoms with E-state index in [2.05, 4.69) is 18.2 Å². The maximum atomic E-state index is 12.5. The third-order valence-corrected chi connectivity index (χ3v) is 6.64. The number of carbonyl (C=O) groups excluding carboxylic acids is 1. The van der Waals surface area contributed by atoms with Gasteiger partial charge in [0.1, 0.15) is 0 Å². The molecule has 1 aliphatic rings. The predicted octanol–water partition coefficient (Wildman–Crippen LogP) is 5.03. The number of amides is 1. The van der Waals surface area contributed by atoms with Crippen LogP contribution >= 0.6 is 34.3 Å². The van der Waals surface area contributed by atoms with E-state index < -0.39 is 0 Å². The predicted molar refractivity (Wildman–Crippen MR) is 96.8 cm³/mol. The highest BCUT2D eigenvalue weighted by atomic mass is 35.5. The molecule has 0 radical (unpaired) electrons. The second-order valence-electron chi connectivity index (χ2n) is 5.69. The van der Waals surface area contributed by atoms with Gasteiger partial charge in [-0.2, -0.15) is 0 Å². The Balaban J connectivity index is 1.45. The number of piperidine rings is 1. The first-order valence-electron chi connectivity index (χ1n) is 7.61. The number of hydrogen-bond acceptors (Lipinski definition) is 4. The van der Waals surface area contributed by atoms with Crippen LogP contribution < -0.4 is 0 Å². The van der Waals surface area contributed by atoms with Gasteiger partial charge in [-0.15, -0.1) is 22.7 Å². The molecule has 1 amide bonds. The van der Waals surface area contributed by atoms with E-state index in [1.165, 1.54) is 21.0 Å². The molecule has 3 heterocycles. The number of halogens is 1. The molecule has 1 saturated heterocycles. The van der Waals surface area contributed by atoms with Crippen LogP contribution in [0.5, 0.6) is 0 Å². The fourth-order valence-electron chi connectivity index (χ4n) is 2.98. The van der Waals surface area contributed by atoms with Crippen LogP contribution in [-0.4, -0.2) is 28.9 Å². The number of carbonyl (C=O) groups is 1. The molecule has 6 heteroatoms. The number of rotatable bonds is 2. The number of thiazole rings is 1. The van der Waals surface area contributed by atoms with E-state index in [1.54, 1.807) is 17.4 Å². The highest BCUT2D eigenvalue weighted by Crippen LogP contribution is 2.34. The van der Waals surface area contributed by atoms with Crippen LogP contribution in [0.4, 0.5) is 0 Å². The fraction of sp³-hybridized carbons (Fsp3) is 0.294. The molecule has 23 heavy (non-hydrogen) atoms. The first kappa shape index (κ1) is 15.1. The first-order valence-corrected chi connectivity index (χ1v) is 9.62. The van der Waals surface area contributed by atoms with Crippen LogP contribution in [0.3, 0.4) is 0 Å². The summed E-state index contributed by atoms with van der Waals surface area (Å²) >= 11 is 9.06. The molecular formula is C17H15ClN2OS2. The number of fused-ring (bicyclic) bond motifs is 1. The SMILES string of the molecule is O=C(c1ccc(Cl)s1)N1CCC(c2nc3ccccc3s2)CC1. The zero-order chi connectivity index (χ0) is 15.8. The van der Waals surface area contributed by atoms with Crippen LogP contribution in [0.1, 0.15) is 33.4 Å². The topological polar surface area (TPSA) is 33.2 Å². The summed E-state index contributed by atoms with van der Waals surface area (Å²) in [5, 5.41) is 1.21. The summed E-state index contributed by atoms with van der Waals surface area (Å²) in [7, 11) is 0. The zero-order valence-electron chi connectivity index (χ0n) is 12.4. The summed E-state index contributed by atoms with van der Waals surface area (Å²) in [5.74, 6) is 0.563. The molecule has 0 bridgehead atoms. The maximum absolute atomic E-state index is 12.5. The lowest BCUT2D eigenvalue weighted by Crippen LogP contribution is -2.37. The summed E-state index contributed by atoms with van der Waals surface area (Å²) in [6.45, 7) is 1.57. The van der Waals surface area contributed by atoms with Gasteiger partial charge in [0.25, 0.3) is 5.91 Å². The second-order valence-corrected chi connectivity index (χ2v) is 8.47. The lowest BCUT2D eigenvalue weighted by atomic mass is 9.97. The van der Waals surface area contributed by atoms with E-state index in [-0.39, 0.29) is 5.91 Å². The molecule has 0 N–H and O–H groups in total. The molecule has 0 atom stereocenters. The molecular weight excluding hydrogens is 348 g/mol. The Kier molecular flexibility index (Phi) is 4.09. The molecule has 0 spiro atoms. The van der Waals surface area contributed by atoms with E-state index in [1.807, 2.05) is 17.0 Å². The number of aromatic nitrogens is 1. The van der Waals surface area contributed by atoms with Gasteiger partial charge in [0, 0.05) is 19.0 Å². The van der Waals surface area contributed by atoms with Gasteiger partial charge in [-0.3, -0.25) is 4.79 Å². The number of likely N-dealkylation sites (tertiary alicyclic amines) is 1. The molecule has 3 nitrogen and oxygen atoms in total. The smallest absolute Gasteiger partial charge is 0.263 e. The zero-order valence-corrected chi connectivity index (χ0v) is 14.8. The minimum atomic E-state index is 0.102. The van der Waals surface area contributed by atoms with Crippen molar-refractivity contribution in [1.82, 2.24) is 9.88 Å². The Bertz CT molecular complexity index is 816. The van der Waals surface area contributed by atoms with Crippen molar-refractivity contribution in [2.45, 2.75) is 18.8 Å². The quantitative estimate of drug-likeness (QED) is 0.640. The minimum absolute atomic E-state index is 0.102. The van der Waals surface area contributed by atoms with Crippen LogP contribution in [0.25, 0.3) is 10.2 Å². The Morgan fingerprint density at radius 1 is 1.13 bits per heavy atom. The molecule has 1 aliphatic heterocycles. The summed E-state index contributed by atoms with van der Waals surface area (Å²) < 4.78 is 1.91. The van der Waals surface area contributed by atoms with Crippen molar-refractivity contribution >= 4 is 50.4 Å². The summed E-state index contributed by atoms with van der Waals surface area (Å²) in [5.41, 5.74) is 1.08. The van der Waals surface area contributed by atoms with Crippen molar-refractivity contribution in [3.8, 4) is 0 Å². The van der Waals surface area contributed by atoms with E-state index >= 15 is 0 Å². The monoisotopic (exact) mass is 362 g/mol. The van der Waals surface area contributed by atoms with Crippen LogP contribution in [-0.2, 0) is 0 Å². The van der Waals surface area contributed by atoms with Gasteiger partial charge < -0.3 is 4.90 Å². The molecule has 118 valence electrons. The molecule has 0 aliphatic carbocycles. The van der Waals surface area contributed by atoms with Crippen molar-refractivity contribution in [2.24, 2.45) is 0 Å². The highest BCUT2D eigenvalue weighted by molar-refractivity contribution is 7.18. The van der Waals surface area contributed by atoms with Gasteiger partial charge in [0.15, 0.2) is 0 Å².